The number of fused-ring (bicyclic) bond motifs is 1. The fourth-order valence-electron chi connectivity index (χ4n) is 3.83. The molecule has 2 aliphatic rings. The molecule has 3 rings (SSSR count). The number of aromatic nitrogens is 1. The maximum atomic E-state index is 6.38. The van der Waals surface area contributed by atoms with Gasteiger partial charge >= 0.3 is 0 Å². The summed E-state index contributed by atoms with van der Waals surface area (Å²) in [5.74, 6) is 0. The Morgan fingerprint density at radius 1 is 1.35 bits per heavy atom. The van der Waals surface area contributed by atoms with Gasteiger partial charge in [-0.3, -0.25) is 0 Å². The number of thiazole rings is 1. The molecule has 0 radical (unpaired) electrons. The van der Waals surface area contributed by atoms with E-state index in [-0.39, 0.29) is 17.1 Å². The van der Waals surface area contributed by atoms with E-state index in [9.17, 15) is 0 Å². The minimum Gasteiger partial charge on any atom is -0.368 e. The monoisotopic (exact) mass is 294 g/mol. The van der Waals surface area contributed by atoms with E-state index >= 15 is 0 Å². The molecule has 2 N–H and O–H groups in total. The average molecular weight is 294 g/mol. The summed E-state index contributed by atoms with van der Waals surface area (Å²) < 4.78 is 6.15. The SMILES string of the molecule is CCOC1(c2nc3c(s2)C(N)CC(C)(C)C3)CCCC1. The highest BCUT2D eigenvalue weighted by molar-refractivity contribution is 7.12. The summed E-state index contributed by atoms with van der Waals surface area (Å²) in [4.78, 5) is 6.29. The van der Waals surface area contributed by atoms with Crippen molar-refractivity contribution >= 4 is 11.3 Å². The van der Waals surface area contributed by atoms with Crippen molar-refractivity contribution in [2.75, 3.05) is 6.61 Å². The topological polar surface area (TPSA) is 48.1 Å². The van der Waals surface area contributed by atoms with Crippen molar-refractivity contribution in [2.24, 2.45) is 11.1 Å². The van der Waals surface area contributed by atoms with Gasteiger partial charge in [0.05, 0.1) is 5.69 Å². The van der Waals surface area contributed by atoms with E-state index in [1.54, 1.807) is 0 Å². The first-order valence-corrected chi connectivity index (χ1v) is 8.67. The van der Waals surface area contributed by atoms with Gasteiger partial charge in [0.15, 0.2) is 0 Å². The molecule has 0 spiro atoms. The van der Waals surface area contributed by atoms with Crippen LogP contribution in [0.2, 0.25) is 0 Å². The normalized spacial score (nSPS) is 27.5. The summed E-state index contributed by atoms with van der Waals surface area (Å²) in [6.45, 7) is 7.44. The lowest BCUT2D eigenvalue weighted by atomic mass is 9.77. The molecule has 1 fully saturated rings. The molecular formula is C16H26N2OS. The third kappa shape index (κ3) is 2.42. The lowest BCUT2D eigenvalue weighted by molar-refractivity contribution is -0.0392. The fourth-order valence-corrected chi connectivity index (χ4v) is 5.11. The summed E-state index contributed by atoms with van der Waals surface area (Å²) in [5, 5.41) is 1.19. The summed E-state index contributed by atoms with van der Waals surface area (Å²) in [7, 11) is 0. The minimum atomic E-state index is -0.110. The van der Waals surface area contributed by atoms with Crippen LogP contribution < -0.4 is 5.73 Å². The Kier molecular flexibility index (Phi) is 3.68. The van der Waals surface area contributed by atoms with Crippen molar-refractivity contribution in [1.29, 1.82) is 0 Å². The van der Waals surface area contributed by atoms with Gasteiger partial charge in [-0.05, 0) is 38.0 Å². The van der Waals surface area contributed by atoms with Gasteiger partial charge in [-0.2, -0.15) is 0 Å². The highest BCUT2D eigenvalue weighted by Gasteiger charge is 2.42. The van der Waals surface area contributed by atoms with Gasteiger partial charge in [-0.25, -0.2) is 4.98 Å². The number of rotatable bonds is 3. The van der Waals surface area contributed by atoms with Crippen LogP contribution in [0.5, 0.6) is 0 Å². The molecule has 1 unspecified atom stereocenters. The number of nitrogens with two attached hydrogens (primary N) is 1. The molecule has 0 aromatic carbocycles. The van der Waals surface area contributed by atoms with Crippen molar-refractivity contribution in [3.05, 3.63) is 15.6 Å². The molecule has 0 aliphatic heterocycles. The lowest BCUT2D eigenvalue weighted by Gasteiger charge is -2.32. The predicted molar refractivity (Wildman–Crippen MR) is 82.9 cm³/mol. The quantitative estimate of drug-likeness (QED) is 0.919. The highest BCUT2D eigenvalue weighted by atomic mass is 32.1. The molecule has 3 nitrogen and oxygen atoms in total. The third-order valence-electron chi connectivity index (χ3n) is 4.70. The third-order valence-corrected chi connectivity index (χ3v) is 6.12. The molecule has 1 aromatic heterocycles. The predicted octanol–water partition coefficient (Wildman–Crippen LogP) is 3.92. The molecular weight excluding hydrogens is 268 g/mol. The smallest absolute Gasteiger partial charge is 0.125 e. The Morgan fingerprint density at radius 3 is 2.70 bits per heavy atom. The molecule has 0 amide bonds. The van der Waals surface area contributed by atoms with E-state index in [1.807, 2.05) is 11.3 Å². The highest BCUT2D eigenvalue weighted by Crippen LogP contribution is 2.48. The molecule has 1 aromatic rings. The second-order valence-electron chi connectivity index (χ2n) is 7.12. The molecule has 0 saturated heterocycles. The van der Waals surface area contributed by atoms with Crippen LogP contribution in [0.3, 0.4) is 0 Å². The Labute approximate surface area is 125 Å². The Hall–Kier alpha value is -0.450. The van der Waals surface area contributed by atoms with Crippen molar-refractivity contribution in [1.82, 2.24) is 4.98 Å². The van der Waals surface area contributed by atoms with Crippen molar-refractivity contribution in [2.45, 2.75) is 70.9 Å². The number of hydrogen-bond donors (Lipinski definition) is 1. The first kappa shape index (κ1) is 14.5. The maximum Gasteiger partial charge on any atom is 0.125 e. The van der Waals surface area contributed by atoms with Gasteiger partial charge in [-0.1, -0.05) is 26.7 Å². The number of hydrogen-bond acceptors (Lipinski definition) is 4. The second-order valence-corrected chi connectivity index (χ2v) is 8.15. The van der Waals surface area contributed by atoms with Gasteiger partial charge in [0.2, 0.25) is 0 Å². The van der Waals surface area contributed by atoms with Gasteiger partial charge in [0, 0.05) is 17.5 Å². The summed E-state index contributed by atoms with van der Waals surface area (Å²) >= 11 is 1.82. The van der Waals surface area contributed by atoms with Crippen LogP contribution >= 0.6 is 11.3 Å². The van der Waals surface area contributed by atoms with Crippen LogP contribution in [0.25, 0.3) is 0 Å². The van der Waals surface area contributed by atoms with E-state index < -0.39 is 0 Å². The summed E-state index contributed by atoms with van der Waals surface area (Å²) in [5.41, 5.74) is 7.78. The van der Waals surface area contributed by atoms with E-state index in [4.69, 9.17) is 15.5 Å². The zero-order valence-corrected chi connectivity index (χ0v) is 13.7. The fraction of sp³-hybridized carbons (Fsp3) is 0.812. The summed E-state index contributed by atoms with van der Waals surface area (Å²) in [6, 6.07) is 0.153. The number of nitrogens with zero attached hydrogens (tertiary/aromatic N) is 1. The standard InChI is InChI=1S/C16H26N2OS/c1-4-19-16(7-5-6-8-16)14-18-12-10-15(2,3)9-11(17)13(12)20-14/h11H,4-10,17H2,1-3H3. The number of ether oxygens (including phenoxy) is 1. The molecule has 1 heterocycles. The Bertz CT molecular complexity index is 489. The van der Waals surface area contributed by atoms with E-state index in [0.29, 0.717) is 0 Å². The van der Waals surface area contributed by atoms with Crippen LogP contribution in [0.4, 0.5) is 0 Å². The molecule has 1 atom stereocenters. The van der Waals surface area contributed by atoms with Crippen LogP contribution in [0, 0.1) is 5.41 Å². The molecule has 2 aliphatic carbocycles. The largest absolute Gasteiger partial charge is 0.368 e. The van der Waals surface area contributed by atoms with Crippen LogP contribution in [-0.4, -0.2) is 11.6 Å². The zero-order chi connectivity index (χ0) is 14.4. The Morgan fingerprint density at radius 2 is 2.05 bits per heavy atom. The molecule has 112 valence electrons. The van der Waals surface area contributed by atoms with E-state index in [2.05, 4.69) is 20.8 Å². The van der Waals surface area contributed by atoms with Gasteiger partial charge in [-0.15, -0.1) is 11.3 Å². The van der Waals surface area contributed by atoms with Crippen LogP contribution in [-0.2, 0) is 16.8 Å². The lowest BCUT2D eigenvalue weighted by Crippen LogP contribution is -2.29. The molecule has 1 saturated carbocycles. The van der Waals surface area contributed by atoms with E-state index in [0.717, 1.165) is 32.3 Å². The van der Waals surface area contributed by atoms with Crippen LogP contribution in [0.1, 0.15) is 74.5 Å². The van der Waals surface area contributed by atoms with Gasteiger partial charge in [0.1, 0.15) is 10.6 Å². The maximum absolute atomic E-state index is 6.38. The Balaban J connectivity index is 1.96. The van der Waals surface area contributed by atoms with Gasteiger partial charge < -0.3 is 10.5 Å². The van der Waals surface area contributed by atoms with E-state index in [1.165, 1.54) is 28.4 Å². The molecule has 4 heteroatoms. The minimum absolute atomic E-state index is 0.110. The summed E-state index contributed by atoms with van der Waals surface area (Å²) in [6.07, 6.45) is 6.85. The van der Waals surface area contributed by atoms with Crippen LogP contribution in [0.15, 0.2) is 0 Å². The first-order chi connectivity index (χ1) is 9.46. The molecule has 0 bridgehead atoms. The zero-order valence-electron chi connectivity index (χ0n) is 12.9. The molecule has 20 heavy (non-hydrogen) atoms. The van der Waals surface area contributed by atoms with Gasteiger partial charge in [0.25, 0.3) is 0 Å². The second kappa shape index (κ2) is 5.08. The van der Waals surface area contributed by atoms with Crippen molar-refractivity contribution in [3.8, 4) is 0 Å². The van der Waals surface area contributed by atoms with Crippen molar-refractivity contribution < 1.29 is 4.74 Å². The average Bonchev–Trinajstić information content (AvgIpc) is 2.95. The van der Waals surface area contributed by atoms with Crippen molar-refractivity contribution in [3.63, 3.8) is 0 Å². The first-order valence-electron chi connectivity index (χ1n) is 7.85.